The van der Waals surface area contributed by atoms with Gasteiger partial charge in [-0.3, -0.25) is 9.59 Å². The average Bonchev–Trinajstić information content (AvgIpc) is 2.70. The van der Waals surface area contributed by atoms with E-state index in [0.717, 1.165) is 11.1 Å². The van der Waals surface area contributed by atoms with E-state index >= 15 is 0 Å². The molecule has 0 spiro atoms. The fraction of sp³-hybridized carbons (Fsp3) is 0.364. The molecule has 0 unspecified atom stereocenters. The Morgan fingerprint density at radius 1 is 1.04 bits per heavy atom. The van der Waals surface area contributed by atoms with Gasteiger partial charge in [0.05, 0.1) is 5.75 Å². The van der Waals surface area contributed by atoms with Crippen LogP contribution in [0.25, 0.3) is 0 Å². The lowest BCUT2D eigenvalue weighted by Crippen LogP contribution is -2.49. The Labute approximate surface area is 170 Å². The standard InChI is InChI=1S/C22H27FN2O2S/c1-3-20(22(27)24-4-2)25(14-17-8-6-5-7-9-17)21(26)16-28-15-18-10-12-19(23)13-11-18/h5-13,20H,3-4,14-16H2,1-2H3,(H,24,27)/t20-/m1/s1. The van der Waals surface area contributed by atoms with Gasteiger partial charge in [0.25, 0.3) is 0 Å². The maximum absolute atomic E-state index is 13.0. The molecule has 0 heterocycles. The smallest absolute Gasteiger partial charge is 0.242 e. The molecule has 2 rings (SSSR count). The van der Waals surface area contributed by atoms with E-state index in [1.165, 1.54) is 23.9 Å². The lowest BCUT2D eigenvalue weighted by Gasteiger charge is -2.30. The third-order valence-electron chi connectivity index (χ3n) is 4.34. The molecule has 0 saturated heterocycles. The largest absolute Gasteiger partial charge is 0.355 e. The third kappa shape index (κ3) is 6.68. The molecule has 2 aromatic carbocycles. The summed E-state index contributed by atoms with van der Waals surface area (Å²) in [7, 11) is 0. The number of nitrogens with one attached hydrogen (secondary N) is 1. The van der Waals surface area contributed by atoms with Crippen LogP contribution in [-0.2, 0) is 21.9 Å². The van der Waals surface area contributed by atoms with Gasteiger partial charge in [0.2, 0.25) is 11.8 Å². The van der Waals surface area contributed by atoms with Crippen LogP contribution in [0.15, 0.2) is 54.6 Å². The van der Waals surface area contributed by atoms with Gasteiger partial charge in [0.15, 0.2) is 0 Å². The molecule has 1 N–H and O–H groups in total. The van der Waals surface area contributed by atoms with Gasteiger partial charge >= 0.3 is 0 Å². The van der Waals surface area contributed by atoms with Gasteiger partial charge in [-0.1, -0.05) is 49.4 Å². The quantitative estimate of drug-likeness (QED) is 0.653. The van der Waals surface area contributed by atoms with E-state index in [1.54, 1.807) is 17.0 Å². The summed E-state index contributed by atoms with van der Waals surface area (Å²) in [6.07, 6.45) is 0.549. The van der Waals surface area contributed by atoms with Crippen molar-refractivity contribution in [3.8, 4) is 0 Å². The highest BCUT2D eigenvalue weighted by atomic mass is 32.2. The molecule has 0 fully saturated rings. The Morgan fingerprint density at radius 3 is 2.32 bits per heavy atom. The normalized spacial score (nSPS) is 11.7. The molecule has 1 atom stereocenters. The molecule has 150 valence electrons. The number of carbonyl (C=O) groups is 2. The molecule has 0 radical (unpaired) electrons. The third-order valence-corrected chi connectivity index (χ3v) is 5.33. The van der Waals surface area contributed by atoms with Crippen LogP contribution >= 0.6 is 11.8 Å². The summed E-state index contributed by atoms with van der Waals surface area (Å²) < 4.78 is 13.0. The summed E-state index contributed by atoms with van der Waals surface area (Å²) in [6.45, 7) is 4.71. The Balaban J connectivity index is 2.06. The van der Waals surface area contributed by atoms with Gasteiger partial charge in [-0.05, 0) is 36.6 Å². The van der Waals surface area contributed by atoms with E-state index in [9.17, 15) is 14.0 Å². The topological polar surface area (TPSA) is 49.4 Å². The minimum Gasteiger partial charge on any atom is -0.355 e. The number of hydrogen-bond acceptors (Lipinski definition) is 3. The van der Waals surface area contributed by atoms with Crippen LogP contribution in [-0.4, -0.2) is 35.1 Å². The van der Waals surface area contributed by atoms with Crippen molar-refractivity contribution >= 4 is 23.6 Å². The van der Waals surface area contributed by atoms with Crippen molar-refractivity contribution in [3.63, 3.8) is 0 Å². The first-order valence-electron chi connectivity index (χ1n) is 9.48. The van der Waals surface area contributed by atoms with Crippen molar-refractivity contribution in [1.82, 2.24) is 10.2 Å². The second-order valence-corrected chi connectivity index (χ2v) is 7.43. The molecule has 0 bridgehead atoms. The van der Waals surface area contributed by atoms with Crippen molar-refractivity contribution in [3.05, 3.63) is 71.5 Å². The number of benzene rings is 2. The summed E-state index contributed by atoms with van der Waals surface area (Å²) in [5.74, 6) is 0.405. The number of nitrogens with zero attached hydrogens (tertiary/aromatic N) is 1. The summed E-state index contributed by atoms with van der Waals surface area (Å²) in [5, 5.41) is 2.83. The predicted molar refractivity (Wildman–Crippen MR) is 112 cm³/mol. The minimum atomic E-state index is -0.501. The summed E-state index contributed by atoms with van der Waals surface area (Å²) in [6, 6.07) is 15.5. The predicted octanol–water partition coefficient (Wildman–Crippen LogP) is 4.00. The van der Waals surface area contributed by atoms with E-state index in [4.69, 9.17) is 0 Å². The molecule has 0 aromatic heterocycles. The minimum absolute atomic E-state index is 0.0749. The molecule has 2 aromatic rings. The maximum Gasteiger partial charge on any atom is 0.242 e. The van der Waals surface area contributed by atoms with E-state index in [-0.39, 0.29) is 23.4 Å². The molecule has 2 amide bonds. The van der Waals surface area contributed by atoms with E-state index in [0.29, 0.717) is 25.3 Å². The summed E-state index contributed by atoms with van der Waals surface area (Å²) in [5.41, 5.74) is 1.95. The lowest BCUT2D eigenvalue weighted by atomic mass is 10.1. The molecule has 28 heavy (non-hydrogen) atoms. The van der Waals surface area contributed by atoms with Gasteiger partial charge in [0, 0.05) is 18.8 Å². The van der Waals surface area contributed by atoms with Gasteiger partial charge in [-0.15, -0.1) is 11.8 Å². The van der Waals surface area contributed by atoms with Crippen LogP contribution in [0, 0.1) is 5.82 Å². The summed E-state index contributed by atoms with van der Waals surface area (Å²) in [4.78, 5) is 27.1. The van der Waals surface area contributed by atoms with Crippen molar-refractivity contribution < 1.29 is 14.0 Å². The van der Waals surface area contributed by atoms with Crippen molar-refractivity contribution in [1.29, 1.82) is 0 Å². The highest BCUT2D eigenvalue weighted by Crippen LogP contribution is 2.17. The number of thioether (sulfide) groups is 1. The van der Waals surface area contributed by atoms with E-state index < -0.39 is 6.04 Å². The van der Waals surface area contributed by atoms with Gasteiger partial charge in [-0.2, -0.15) is 0 Å². The SMILES string of the molecule is CCNC(=O)[C@@H](CC)N(Cc1ccccc1)C(=O)CSCc1ccc(F)cc1. The van der Waals surface area contributed by atoms with E-state index in [1.807, 2.05) is 44.2 Å². The fourth-order valence-corrected chi connectivity index (χ4v) is 3.78. The Kier molecular flexibility index (Phi) is 9.01. The number of hydrogen-bond donors (Lipinski definition) is 1. The van der Waals surface area contributed by atoms with Crippen molar-refractivity contribution in [2.24, 2.45) is 0 Å². The molecule has 4 nitrogen and oxygen atoms in total. The van der Waals surface area contributed by atoms with Crippen LogP contribution in [0.1, 0.15) is 31.4 Å². The van der Waals surface area contributed by atoms with Crippen LogP contribution in [0.3, 0.4) is 0 Å². The van der Waals surface area contributed by atoms with Crippen LogP contribution in [0.4, 0.5) is 4.39 Å². The number of carbonyl (C=O) groups excluding carboxylic acids is 2. The first kappa shape index (κ1) is 22.0. The summed E-state index contributed by atoms with van der Waals surface area (Å²) >= 11 is 1.47. The van der Waals surface area contributed by atoms with Crippen LogP contribution in [0.2, 0.25) is 0 Å². The zero-order valence-corrected chi connectivity index (χ0v) is 17.2. The second kappa shape index (κ2) is 11.5. The van der Waals surface area contributed by atoms with Gasteiger partial charge in [0.1, 0.15) is 11.9 Å². The fourth-order valence-electron chi connectivity index (χ4n) is 2.91. The van der Waals surface area contributed by atoms with Crippen molar-refractivity contribution in [2.75, 3.05) is 12.3 Å². The molecular weight excluding hydrogens is 375 g/mol. The monoisotopic (exact) mass is 402 g/mol. The molecule has 0 saturated carbocycles. The van der Waals surface area contributed by atoms with E-state index in [2.05, 4.69) is 5.32 Å². The lowest BCUT2D eigenvalue weighted by molar-refractivity contribution is -0.139. The number of halogens is 1. The Bertz CT molecular complexity index is 753. The van der Waals surface area contributed by atoms with Gasteiger partial charge < -0.3 is 10.2 Å². The molecule has 0 aliphatic heterocycles. The van der Waals surface area contributed by atoms with Crippen LogP contribution in [0.5, 0.6) is 0 Å². The molecule has 0 aliphatic carbocycles. The average molecular weight is 403 g/mol. The molecule has 6 heteroatoms. The first-order chi connectivity index (χ1) is 13.5. The highest BCUT2D eigenvalue weighted by molar-refractivity contribution is 7.99. The number of amides is 2. The first-order valence-corrected chi connectivity index (χ1v) is 10.6. The Morgan fingerprint density at radius 2 is 1.71 bits per heavy atom. The number of rotatable bonds is 10. The molecular formula is C22H27FN2O2S. The second-order valence-electron chi connectivity index (χ2n) is 6.45. The Hall–Kier alpha value is -2.34. The molecule has 0 aliphatic rings. The highest BCUT2D eigenvalue weighted by Gasteiger charge is 2.28. The maximum atomic E-state index is 13.0. The van der Waals surface area contributed by atoms with Gasteiger partial charge in [-0.25, -0.2) is 4.39 Å². The zero-order chi connectivity index (χ0) is 20.4. The number of likely N-dealkylation sites (N-methyl/N-ethyl adjacent to an activating group) is 1. The van der Waals surface area contributed by atoms with Crippen molar-refractivity contribution in [2.45, 2.75) is 38.6 Å². The van der Waals surface area contributed by atoms with Crippen LogP contribution < -0.4 is 5.32 Å². The zero-order valence-electron chi connectivity index (χ0n) is 16.4.